The monoisotopic (exact) mass is 382 g/mol. The number of rotatable bonds is 6. The van der Waals surface area contributed by atoms with E-state index in [0.717, 1.165) is 18.6 Å². The van der Waals surface area contributed by atoms with Crippen LogP contribution in [0.4, 0.5) is 11.4 Å². The summed E-state index contributed by atoms with van der Waals surface area (Å²) in [7, 11) is 0. The van der Waals surface area contributed by atoms with Gasteiger partial charge in [0.25, 0.3) is 11.8 Å². The third kappa shape index (κ3) is 4.09. The molecule has 0 saturated carbocycles. The van der Waals surface area contributed by atoms with Gasteiger partial charge in [0, 0.05) is 12.3 Å². The number of hydrogen-bond donors (Lipinski definition) is 1. The van der Waals surface area contributed by atoms with E-state index < -0.39 is 6.10 Å². The van der Waals surface area contributed by atoms with Crippen molar-refractivity contribution in [2.75, 3.05) is 36.6 Å². The molecule has 1 atom stereocenters. The van der Waals surface area contributed by atoms with E-state index in [1.54, 1.807) is 23.1 Å². The smallest absolute Gasteiger partial charge is 0.265 e. The van der Waals surface area contributed by atoms with Crippen molar-refractivity contribution in [2.45, 2.75) is 18.9 Å². The molecule has 7 nitrogen and oxygen atoms in total. The summed E-state index contributed by atoms with van der Waals surface area (Å²) in [5, 5.41) is 2.86. The van der Waals surface area contributed by atoms with Crippen LogP contribution in [0.15, 0.2) is 48.5 Å². The summed E-state index contributed by atoms with van der Waals surface area (Å²) in [4.78, 5) is 26.3. The molecule has 146 valence electrons. The molecule has 0 spiro atoms. The molecular weight excluding hydrogens is 360 g/mol. The highest BCUT2D eigenvalue weighted by Gasteiger charge is 2.27. The second-order valence-electron chi connectivity index (χ2n) is 6.67. The fourth-order valence-electron chi connectivity index (χ4n) is 3.30. The Bertz CT molecular complexity index is 849. The first kappa shape index (κ1) is 18.3. The Balaban J connectivity index is 1.45. The van der Waals surface area contributed by atoms with Crippen LogP contribution in [0.25, 0.3) is 0 Å². The summed E-state index contributed by atoms with van der Waals surface area (Å²) < 4.78 is 16.6. The number of anilines is 2. The maximum Gasteiger partial charge on any atom is 0.265 e. The fourth-order valence-corrected chi connectivity index (χ4v) is 3.30. The molecule has 2 amide bonds. The van der Waals surface area contributed by atoms with E-state index in [1.165, 1.54) is 0 Å². The van der Waals surface area contributed by atoms with Crippen molar-refractivity contribution in [1.29, 1.82) is 0 Å². The molecule has 1 fully saturated rings. The van der Waals surface area contributed by atoms with Crippen LogP contribution in [0.1, 0.15) is 12.8 Å². The second kappa shape index (κ2) is 8.31. The van der Waals surface area contributed by atoms with Crippen molar-refractivity contribution in [1.82, 2.24) is 0 Å². The van der Waals surface area contributed by atoms with Crippen LogP contribution in [0.5, 0.6) is 11.5 Å². The van der Waals surface area contributed by atoms with E-state index in [2.05, 4.69) is 5.32 Å². The molecule has 2 aromatic rings. The van der Waals surface area contributed by atoms with Crippen LogP contribution < -0.4 is 19.7 Å². The largest absolute Gasteiger partial charge is 0.492 e. The standard InChI is InChI=1S/C21H22N2O5/c24-20-14-28-18-9-8-15(22-21(25)19-7-4-11-27-19)13-17(18)23(20)10-12-26-16-5-2-1-3-6-16/h1-3,5-6,8-9,13,19H,4,7,10-12,14H2,(H,22,25). The zero-order valence-corrected chi connectivity index (χ0v) is 15.4. The number of carbonyl (C=O) groups excluding carboxylic acids is 2. The minimum atomic E-state index is -0.413. The Morgan fingerprint density at radius 2 is 2.07 bits per heavy atom. The first-order valence-corrected chi connectivity index (χ1v) is 9.38. The molecular formula is C21H22N2O5. The fraction of sp³-hybridized carbons (Fsp3) is 0.333. The number of nitrogens with one attached hydrogen (secondary N) is 1. The van der Waals surface area contributed by atoms with Gasteiger partial charge in [0.15, 0.2) is 6.61 Å². The molecule has 4 rings (SSSR count). The second-order valence-corrected chi connectivity index (χ2v) is 6.67. The number of carbonyl (C=O) groups is 2. The SMILES string of the molecule is O=C(Nc1ccc2c(c1)N(CCOc1ccccc1)C(=O)CO2)C1CCCO1. The molecule has 1 saturated heterocycles. The maximum absolute atomic E-state index is 12.4. The lowest BCUT2D eigenvalue weighted by Crippen LogP contribution is -2.41. The number of para-hydroxylation sites is 1. The van der Waals surface area contributed by atoms with Crippen LogP contribution in [0.3, 0.4) is 0 Å². The lowest BCUT2D eigenvalue weighted by atomic mass is 10.2. The van der Waals surface area contributed by atoms with Crippen molar-refractivity contribution < 1.29 is 23.8 Å². The number of hydrogen-bond acceptors (Lipinski definition) is 5. The number of benzene rings is 2. The Morgan fingerprint density at radius 3 is 2.86 bits per heavy atom. The van der Waals surface area contributed by atoms with E-state index >= 15 is 0 Å². The van der Waals surface area contributed by atoms with Crippen LogP contribution >= 0.6 is 0 Å². The lowest BCUT2D eigenvalue weighted by Gasteiger charge is -2.29. The molecule has 0 aliphatic carbocycles. The van der Waals surface area contributed by atoms with Crippen LogP contribution in [0.2, 0.25) is 0 Å². The minimum absolute atomic E-state index is 0.0139. The van der Waals surface area contributed by atoms with Gasteiger partial charge >= 0.3 is 0 Å². The third-order valence-electron chi connectivity index (χ3n) is 4.72. The first-order valence-electron chi connectivity index (χ1n) is 9.38. The van der Waals surface area contributed by atoms with Crippen molar-refractivity contribution in [3.8, 4) is 11.5 Å². The maximum atomic E-state index is 12.4. The summed E-state index contributed by atoms with van der Waals surface area (Å²) >= 11 is 0. The molecule has 0 bridgehead atoms. The van der Waals surface area contributed by atoms with Gasteiger partial charge in [0.1, 0.15) is 24.2 Å². The van der Waals surface area contributed by atoms with Crippen LogP contribution in [-0.4, -0.2) is 44.3 Å². The van der Waals surface area contributed by atoms with Gasteiger partial charge < -0.3 is 24.4 Å². The summed E-state index contributed by atoms with van der Waals surface area (Å²) in [5.74, 6) is 1.04. The highest BCUT2D eigenvalue weighted by atomic mass is 16.5. The average Bonchev–Trinajstić information content (AvgIpc) is 3.26. The Labute approximate surface area is 163 Å². The van der Waals surface area contributed by atoms with E-state index in [0.29, 0.717) is 36.9 Å². The molecule has 7 heteroatoms. The van der Waals surface area contributed by atoms with E-state index in [9.17, 15) is 9.59 Å². The number of ether oxygens (including phenoxy) is 3. The molecule has 2 aliphatic rings. The van der Waals surface area contributed by atoms with Crippen LogP contribution in [0, 0.1) is 0 Å². The number of fused-ring (bicyclic) bond motifs is 1. The molecule has 2 aliphatic heterocycles. The molecule has 1 unspecified atom stereocenters. The van der Waals surface area contributed by atoms with Crippen molar-refractivity contribution in [3.05, 3.63) is 48.5 Å². The third-order valence-corrected chi connectivity index (χ3v) is 4.72. The van der Waals surface area contributed by atoms with Gasteiger partial charge in [-0.15, -0.1) is 0 Å². The van der Waals surface area contributed by atoms with Crippen LogP contribution in [-0.2, 0) is 14.3 Å². The van der Waals surface area contributed by atoms with Crippen molar-refractivity contribution >= 4 is 23.2 Å². The molecule has 2 heterocycles. The molecule has 0 radical (unpaired) electrons. The predicted octanol–water partition coefficient (Wildman–Crippen LogP) is 2.61. The quantitative estimate of drug-likeness (QED) is 0.831. The molecule has 0 aromatic heterocycles. The van der Waals surface area contributed by atoms with Gasteiger partial charge in [0.05, 0.1) is 12.2 Å². The highest BCUT2D eigenvalue weighted by Crippen LogP contribution is 2.34. The van der Waals surface area contributed by atoms with Gasteiger partial charge in [-0.25, -0.2) is 0 Å². The van der Waals surface area contributed by atoms with Gasteiger partial charge in [-0.2, -0.15) is 0 Å². The average molecular weight is 382 g/mol. The summed E-state index contributed by atoms with van der Waals surface area (Å²) in [6.07, 6.45) is 1.20. The van der Waals surface area contributed by atoms with E-state index in [4.69, 9.17) is 14.2 Å². The number of amides is 2. The zero-order valence-electron chi connectivity index (χ0n) is 15.4. The lowest BCUT2D eigenvalue weighted by molar-refractivity contribution is -0.124. The van der Waals surface area contributed by atoms with Crippen molar-refractivity contribution in [3.63, 3.8) is 0 Å². The summed E-state index contributed by atoms with van der Waals surface area (Å²) in [6, 6.07) is 14.7. The zero-order chi connectivity index (χ0) is 19.3. The predicted molar refractivity (Wildman–Crippen MR) is 104 cm³/mol. The Hall–Kier alpha value is -3.06. The number of nitrogens with zero attached hydrogens (tertiary/aromatic N) is 1. The van der Waals surface area contributed by atoms with Gasteiger partial charge in [0.2, 0.25) is 0 Å². The van der Waals surface area contributed by atoms with E-state index in [-0.39, 0.29) is 18.4 Å². The Kier molecular flexibility index (Phi) is 5.43. The van der Waals surface area contributed by atoms with Gasteiger partial charge in [-0.05, 0) is 43.2 Å². The molecule has 2 aromatic carbocycles. The molecule has 1 N–H and O–H groups in total. The van der Waals surface area contributed by atoms with Crippen molar-refractivity contribution in [2.24, 2.45) is 0 Å². The summed E-state index contributed by atoms with van der Waals surface area (Å²) in [5.41, 5.74) is 1.23. The van der Waals surface area contributed by atoms with Gasteiger partial charge in [-0.3, -0.25) is 9.59 Å². The highest BCUT2D eigenvalue weighted by molar-refractivity contribution is 6.00. The minimum Gasteiger partial charge on any atom is -0.492 e. The molecule has 28 heavy (non-hydrogen) atoms. The summed E-state index contributed by atoms with van der Waals surface area (Å²) in [6.45, 7) is 1.33. The topological polar surface area (TPSA) is 77.1 Å². The van der Waals surface area contributed by atoms with Gasteiger partial charge in [-0.1, -0.05) is 18.2 Å². The first-order chi connectivity index (χ1) is 13.7. The Morgan fingerprint density at radius 1 is 1.21 bits per heavy atom. The van der Waals surface area contributed by atoms with E-state index in [1.807, 2.05) is 30.3 Å². The normalized spacial score (nSPS) is 18.4.